The molecule has 0 bridgehead atoms. The van der Waals surface area contributed by atoms with Gasteiger partial charge in [-0.3, -0.25) is 9.78 Å². The van der Waals surface area contributed by atoms with Crippen molar-refractivity contribution in [2.75, 3.05) is 5.73 Å². The highest BCUT2D eigenvalue weighted by Crippen LogP contribution is 2.17. The average molecular weight is 273 g/mol. The molecule has 5 heteroatoms. The van der Waals surface area contributed by atoms with Gasteiger partial charge in [0.05, 0.1) is 23.5 Å². The molecule has 1 unspecified atom stereocenters. The molecule has 0 fully saturated rings. The minimum Gasteiger partial charge on any atom is -0.397 e. The van der Waals surface area contributed by atoms with Crippen molar-refractivity contribution in [2.45, 2.75) is 19.9 Å². The maximum atomic E-state index is 13.5. The minimum atomic E-state index is -0.315. The minimum absolute atomic E-state index is 0.285. The van der Waals surface area contributed by atoms with E-state index in [1.54, 1.807) is 32.0 Å². The molecule has 20 heavy (non-hydrogen) atoms. The normalized spacial score (nSPS) is 11.9. The summed E-state index contributed by atoms with van der Waals surface area (Å²) in [4.78, 5) is 15.9. The highest BCUT2D eigenvalue weighted by Gasteiger charge is 2.14. The van der Waals surface area contributed by atoms with Crippen LogP contribution in [0.15, 0.2) is 36.7 Å². The fraction of sp³-hybridized carbons (Fsp3) is 0.200. The Morgan fingerprint density at radius 1 is 1.40 bits per heavy atom. The molecule has 3 N–H and O–H groups in total. The Hall–Kier alpha value is -2.43. The first-order valence-corrected chi connectivity index (χ1v) is 6.25. The molecule has 0 aliphatic heterocycles. The third-order valence-electron chi connectivity index (χ3n) is 3.14. The number of amides is 1. The lowest BCUT2D eigenvalue weighted by atomic mass is 10.1. The molecular weight excluding hydrogens is 257 g/mol. The van der Waals surface area contributed by atoms with Crippen molar-refractivity contribution in [3.63, 3.8) is 0 Å². The third kappa shape index (κ3) is 2.93. The summed E-state index contributed by atoms with van der Waals surface area (Å²) < 4.78 is 13.5. The third-order valence-corrected chi connectivity index (χ3v) is 3.14. The SMILES string of the molecule is Cc1ccc(C(C)NC(=O)c2ccncc2N)cc1F. The second-order valence-corrected chi connectivity index (χ2v) is 4.67. The van der Waals surface area contributed by atoms with Gasteiger partial charge in [0.15, 0.2) is 0 Å². The number of rotatable bonds is 3. The summed E-state index contributed by atoms with van der Waals surface area (Å²) in [5.74, 6) is -0.592. The van der Waals surface area contributed by atoms with E-state index in [4.69, 9.17) is 5.73 Å². The van der Waals surface area contributed by atoms with E-state index in [2.05, 4.69) is 10.3 Å². The molecular formula is C15H16FN3O. The van der Waals surface area contributed by atoms with E-state index in [1.165, 1.54) is 18.5 Å². The molecule has 0 radical (unpaired) electrons. The molecule has 1 atom stereocenters. The lowest BCUT2D eigenvalue weighted by Crippen LogP contribution is -2.27. The lowest BCUT2D eigenvalue weighted by molar-refractivity contribution is 0.0940. The molecule has 2 aromatic rings. The number of carbonyl (C=O) groups excluding carboxylic acids is 1. The van der Waals surface area contributed by atoms with E-state index >= 15 is 0 Å². The van der Waals surface area contributed by atoms with Crippen molar-refractivity contribution in [1.82, 2.24) is 10.3 Å². The van der Waals surface area contributed by atoms with Crippen LogP contribution in [-0.2, 0) is 0 Å². The number of halogens is 1. The van der Waals surface area contributed by atoms with Gasteiger partial charge in [-0.25, -0.2) is 4.39 Å². The monoisotopic (exact) mass is 273 g/mol. The van der Waals surface area contributed by atoms with E-state index in [1.807, 2.05) is 0 Å². The summed E-state index contributed by atoms with van der Waals surface area (Å²) in [7, 11) is 0. The van der Waals surface area contributed by atoms with Crippen molar-refractivity contribution in [1.29, 1.82) is 0 Å². The van der Waals surface area contributed by atoms with Crippen LogP contribution in [0.3, 0.4) is 0 Å². The first-order chi connectivity index (χ1) is 9.49. The number of nitrogens with two attached hydrogens (primary N) is 1. The number of benzene rings is 1. The van der Waals surface area contributed by atoms with Gasteiger partial charge in [0.1, 0.15) is 5.82 Å². The highest BCUT2D eigenvalue weighted by molar-refractivity contribution is 5.99. The van der Waals surface area contributed by atoms with Gasteiger partial charge in [0.25, 0.3) is 5.91 Å². The number of aryl methyl sites for hydroxylation is 1. The zero-order chi connectivity index (χ0) is 14.7. The first kappa shape index (κ1) is 14.0. The van der Waals surface area contributed by atoms with Crippen LogP contribution < -0.4 is 11.1 Å². The summed E-state index contributed by atoms with van der Waals surface area (Å²) >= 11 is 0. The number of aromatic nitrogens is 1. The number of carbonyl (C=O) groups is 1. The molecule has 1 amide bonds. The molecule has 0 spiro atoms. The van der Waals surface area contributed by atoms with Gasteiger partial charge in [-0.1, -0.05) is 12.1 Å². The number of nitrogens with one attached hydrogen (secondary N) is 1. The van der Waals surface area contributed by atoms with Gasteiger partial charge in [-0.15, -0.1) is 0 Å². The summed E-state index contributed by atoms with van der Waals surface area (Å²) in [5.41, 5.74) is 7.65. The average Bonchev–Trinajstić information content (AvgIpc) is 2.42. The number of hydrogen-bond acceptors (Lipinski definition) is 3. The van der Waals surface area contributed by atoms with Gasteiger partial charge in [0.2, 0.25) is 0 Å². The van der Waals surface area contributed by atoms with Crippen molar-refractivity contribution >= 4 is 11.6 Å². The van der Waals surface area contributed by atoms with Crippen LogP contribution in [0.4, 0.5) is 10.1 Å². The van der Waals surface area contributed by atoms with Gasteiger partial charge in [0, 0.05) is 6.20 Å². The lowest BCUT2D eigenvalue weighted by Gasteiger charge is -2.15. The number of nitrogen functional groups attached to an aromatic ring is 1. The predicted octanol–water partition coefficient (Wildman–Crippen LogP) is 2.60. The second-order valence-electron chi connectivity index (χ2n) is 4.67. The molecule has 104 valence electrons. The molecule has 0 saturated heterocycles. The Labute approximate surface area is 116 Å². The summed E-state index contributed by atoms with van der Waals surface area (Å²) in [5, 5.41) is 2.79. The number of nitrogens with zero attached hydrogens (tertiary/aromatic N) is 1. The molecule has 1 heterocycles. The van der Waals surface area contributed by atoms with Crippen LogP contribution >= 0.6 is 0 Å². The number of pyridine rings is 1. The fourth-order valence-corrected chi connectivity index (χ4v) is 1.85. The van der Waals surface area contributed by atoms with Crippen molar-refractivity contribution in [3.05, 3.63) is 59.2 Å². The van der Waals surface area contributed by atoms with E-state index in [0.717, 1.165) is 0 Å². The first-order valence-electron chi connectivity index (χ1n) is 6.25. The topological polar surface area (TPSA) is 68.0 Å². The highest BCUT2D eigenvalue weighted by atomic mass is 19.1. The molecule has 0 saturated carbocycles. The van der Waals surface area contributed by atoms with Crippen LogP contribution in [0.5, 0.6) is 0 Å². The maximum absolute atomic E-state index is 13.5. The van der Waals surface area contributed by atoms with E-state index in [-0.39, 0.29) is 17.8 Å². The Balaban J connectivity index is 2.15. The fourth-order valence-electron chi connectivity index (χ4n) is 1.85. The second kappa shape index (κ2) is 5.69. The van der Waals surface area contributed by atoms with Gasteiger partial charge in [-0.05, 0) is 37.1 Å². The Bertz CT molecular complexity index is 643. The maximum Gasteiger partial charge on any atom is 0.253 e. The van der Waals surface area contributed by atoms with Crippen molar-refractivity contribution in [2.24, 2.45) is 0 Å². The molecule has 1 aromatic carbocycles. The van der Waals surface area contributed by atoms with Crippen molar-refractivity contribution in [3.8, 4) is 0 Å². The predicted molar refractivity (Wildman–Crippen MR) is 75.7 cm³/mol. The molecule has 4 nitrogen and oxygen atoms in total. The zero-order valence-corrected chi connectivity index (χ0v) is 11.4. The Morgan fingerprint density at radius 2 is 2.15 bits per heavy atom. The summed E-state index contributed by atoms with van der Waals surface area (Å²) in [6.07, 6.45) is 2.92. The van der Waals surface area contributed by atoms with Gasteiger partial charge >= 0.3 is 0 Å². The van der Waals surface area contributed by atoms with Crippen LogP contribution in [0.1, 0.15) is 34.5 Å². The van der Waals surface area contributed by atoms with Crippen LogP contribution in [0, 0.1) is 12.7 Å². The van der Waals surface area contributed by atoms with Crippen LogP contribution in [-0.4, -0.2) is 10.9 Å². The zero-order valence-electron chi connectivity index (χ0n) is 11.4. The van der Waals surface area contributed by atoms with Crippen molar-refractivity contribution < 1.29 is 9.18 Å². The largest absolute Gasteiger partial charge is 0.397 e. The van der Waals surface area contributed by atoms with E-state index in [9.17, 15) is 9.18 Å². The quantitative estimate of drug-likeness (QED) is 0.903. The standard InChI is InChI=1S/C15H16FN3O/c1-9-3-4-11(7-13(9)16)10(2)19-15(20)12-5-6-18-8-14(12)17/h3-8,10H,17H2,1-2H3,(H,19,20). The number of hydrogen-bond donors (Lipinski definition) is 2. The van der Waals surface area contributed by atoms with Crippen LogP contribution in [0.25, 0.3) is 0 Å². The molecule has 0 aliphatic rings. The summed E-state index contributed by atoms with van der Waals surface area (Å²) in [6.45, 7) is 3.49. The van der Waals surface area contributed by atoms with E-state index < -0.39 is 0 Å². The Kier molecular flexibility index (Phi) is 3.98. The smallest absolute Gasteiger partial charge is 0.253 e. The number of anilines is 1. The van der Waals surface area contributed by atoms with Crippen LogP contribution in [0.2, 0.25) is 0 Å². The van der Waals surface area contributed by atoms with Gasteiger partial charge in [-0.2, -0.15) is 0 Å². The van der Waals surface area contributed by atoms with Gasteiger partial charge < -0.3 is 11.1 Å². The summed E-state index contributed by atoms with van der Waals surface area (Å²) in [6, 6.07) is 6.14. The molecule has 2 rings (SSSR count). The molecule has 1 aromatic heterocycles. The van der Waals surface area contributed by atoms with E-state index in [0.29, 0.717) is 22.4 Å². The molecule has 0 aliphatic carbocycles. The Morgan fingerprint density at radius 3 is 2.80 bits per heavy atom.